The molecule has 21 nitrogen and oxygen atoms in total. The van der Waals surface area contributed by atoms with Gasteiger partial charge in [-0.05, 0) is 51.4 Å². The van der Waals surface area contributed by atoms with E-state index in [9.17, 15) is 42.9 Å². The first-order valence-electron chi connectivity index (χ1n) is 42.9. The van der Waals surface area contributed by atoms with Gasteiger partial charge in [-0.15, -0.1) is 0 Å². The normalized spacial score (nSPS) is 13.9. The van der Waals surface area contributed by atoms with Gasteiger partial charge in [0.25, 0.3) is 0 Å². The molecule has 0 aromatic heterocycles. The second-order valence-electron chi connectivity index (χ2n) is 29.3. The van der Waals surface area contributed by atoms with Crippen LogP contribution in [-0.4, -0.2) is 130 Å². The fraction of sp³-hybridized carbons (Fsp3) is 0.938. The zero-order chi connectivity index (χ0) is 76.4. The van der Waals surface area contributed by atoms with Crippen molar-refractivity contribution in [3.8, 4) is 0 Å². The standard InChI is InChI=1S/C81H160N4O17P2/c1-7-13-19-24-28-32-34-38-40-45-51-57-77(86)84-73(69-95-65-61-75(55-49-18-12-6)101-79(88)59-53-47-42-36-30-26-21-15-9-3)71-99-103(91,92)97-67-63-82-81(90)83-64-68-98-104(93,94)100-72-74(85-78(87)58-52-46-41-39-35-33-29-25-20-14-8-2)70-96-66-62-76(56-50-44-23-17-11-5)102-80(89)60-54-48-43-37-31-27-22-16-10-4/h73-76H,7-72H2,1-6H3,(H,84,86)(H,85,87)(H,91,92)(H,93,94)(H2,82,83,90)/t73-,74+,75-,76-/m1/s1. The largest absolute Gasteiger partial charge is 0.472 e. The third-order valence-corrected chi connectivity index (χ3v) is 21.0. The molecule has 0 spiro atoms. The van der Waals surface area contributed by atoms with Crippen molar-refractivity contribution in [3.63, 3.8) is 0 Å². The van der Waals surface area contributed by atoms with Crippen LogP contribution in [0.15, 0.2) is 0 Å². The molecule has 0 rings (SSSR count). The Balaban J connectivity index is 5.50. The van der Waals surface area contributed by atoms with Crippen LogP contribution in [0.2, 0.25) is 0 Å². The van der Waals surface area contributed by atoms with E-state index in [2.05, 4.69) is 62.8 Å². The van der Waals surface area contributed by atoms with Crippen LogP contribution in [-0.2, 0) is 65.4 Å². The summed E-state index contributed by atoms with van der Waals surface area (Å²) in [6, 6.07) is -2.32. The van der Waals surface area contributed by atoms with Gasteiger partial charge in [-0.25, -0.2) is 13.9 Å². The Morgan fingerprint density at radius 3 is 0.846 bits per heavy atom. The molecular formula is C81H160N4O17P2. The summed E-state index contributed by atoms with van der Waals surface area (Å²) in [6.45, 7) is 11.5. The summed E-state index contributed by atoms with van der Waals surface area (Å²) in [7, 11) is -9.40. The molecule has 0 aliphatic heterocycles. The number of hydrogen-bond donors (Lipinski definition) is 6. The van der Waals surface area contributed by atoms with Gasteiger partial charge in [-0.3, -0.25) is 37.3 Å². The molecule has 23 heteroatoms. The molecule has 0 saturated heterocycles. The molecule has 0 aromatic carbocycles. The lowest BCUT2D eigenvalue weighted by atomic mass is 10.1. The molecule has 6 N–H and O–H groups in total. The van der Waals surface area contributed by atoms with Gasteiger partial charge >= 0.3 is 33.6 Å². The smallest absolute Gasteiger partial charge is 0.462 e. The van der Waals surface area contributed by atoms with Gasteiger partial charge in [0.15, 0.2) is 0 Å². The number of phosphoric acid groups is 2. The monoisotopic (exact) mass is 1520 g/mol. The molecule has 0 aliphatic rings. The Labute approximate surface area is 635 Å². The topological polar surface area (TPSA) is 282 Å². The second-order valence-corrected chi connectivity index (χ2v) is 32.2. The first kappa shape index (κ1) is 101. The van der Waals surface area contributed by atoms with Crippen LogP contribution in [0, 0.1) is 0 Å². The van der Waals surface area contributed by atoms with Crippen molar-refractivity contribution in [2.24, 2.45) is 0 Å². The Kier molecular flexibility index (Phi) is 73.7. The van der Waals surface area contributed by atoms with Crippen molar-refractivity contribution in [3.05, 3.63) is 0 Å². The molecule has 0 aromatic rings. The van der Waals surface area contributed by atoms with E-state index in [1.54, 1.807) is 0 Å². The summed E-state index contributed by atoms with van der Waals surface area (Å²) >= 11 is 0. The number of nitrogens with one attached hydrogen (secondary N) is 4. The number of carbonyl (C=O) groups is 5. The van der Waals surface area contributed by atoms with Crippen LogP contribution in [0.5, 0.6) is 0 Å². The zero-order valence-corrected chi connectivity index (χ0v) is 69.2. The predicted molar refractivity (Wildman–Crippen MR) is 423 cm³/mol. The highest BCUT2D eigenvalue weighted by Gasteiger charge is 2.27. The fourth-order valence-electron chi connectivity index (χ4n) is 12.6. The average Bonchev–Trinajstić information content (AvgIpc) is 0.933. The summed E-state index contributed by atoms with van der Waals surface area (Å²) in [6.07, 6.45) is 57.5. The Hall–Kier alpha value is -2.71. The molecule has 616 valence electrons. The highest BCUT2D eigenvalue weighted by atomic mass is 31.2. The lowest BCUT2D eigenvalue weighted by Gasteiger charge is -2.22. The van der Waals surface area contributed by atoms with Gasteiger partial charge in [-0.2, -0.15) is 0 Å². The molecule has 0 bridgehead atoms. The van der Waals surface area contributed by atoms with E-state index in [1.165, 1.54) is 167 Å². The van der Waals surface area contributed by atoms with Gasteiger partial charge in [0, 0.05) is 51.6 Å². The number of carbonyl (C=O) groups excluding carboxylic acids is 5. The van der Waals surface area contributed by atoms with Crippen LogP contribution in [0.3, 0.4) is 0 Å². The first-order chi connectivity index (χ1) is 50.5. The molecule has 6 atom stereocenters. The SMILES string of the molecule is CCCCCCCCCCCCCC(=O)N[C@H](COCC[C@@H](CCCCC)OC(=O)CCCCCCCCCCC)COP(=O)(O)OCCNC(=O)NCCOP(=O)(O)OC[C@H](COCC[C@@H](CCCCCCC)OC(=O)CCCCCCCCCCC)NC(=O)CCCCCCCCCCCCC. The molecule has 104 heavy (non-hydrogen) atoms. The van der Waals surface area contributed by atoms with Gasteiger partial charge in [0.1, 0.15) is 12.2 Å². The predicted octanol–water partition coefficient (Wildman–Crippen LogP) is 21.3. The lowest BCUT2D eigenvalue weighted by Crippen LogP contribution is -2.41. The maximum Gasteiger partial charge on any atom is 0.472 e. The number of hydrogen-bond acceptors (Lipinski definition) is 15. The highest BCUT2D eigenvalue weighted by molar-refractivity contribution is 7.47. The molecule has 4 amide bonds. The van der Waals surface area contributed by atoms with E-state index in [0.717, 1.165) is 135 Å². The van der Waals surface area contributed by atoms with Crippen molar-refractivity contribution in [1.82, 2.24) is 21.3 Å². The van der Waals surface area contributed by atoms with Crippen LogP contribution in [0.25, 0.3) is 0 Å². The number of esters is 2. The van der Waals surface area contributed by atoms with E-state index in [4.69, 9.17) is 37.0 Å². The molecule has 0 heterocycles. The summed E-state index contributed by atoms with van der Waals surface area (Å²) in [5.74, 6) is -0.856. The number of amides is 4. The zero-order valence-electron chi connectivity index (χ0n) is 67.4. The fourth-order valence-corrected chi connectivity index (χ4v) is 14.1. The van der Waals surface area contributed by atoms with Crippen molar-refractivity contribution < 1.29 is 79.9 Å². The van der Waals surface area contributed by atoms with E-state index in [0.29, 0.717) is 44.9 Å². The minimum atomic E-state index is -4.70. The van der Waals surface area contributed by atoms with Crippen molar-refractivity contribution in [2.75, 3.05) is 65.9 Å². The van der Waals surface area contributed by atoms with Crippen molar-refractivity contribution in [1.29, 1.82) is 0 Å². The molecule has 0 fully saturated rings. The number of phosphoric ester groups is 2. The lowest BCUT2D eigenvalue weighted by molar-refractivity contribution is -0.151. The summed E-state index contributed by atoms with van der Waals surface area (Å²) in [5, 5.41) is 10.8. The second kappa shape index (κ2) is 75.7. The third-order valence-electron chi connectivity index (χ3n) is 19.0. The maximum atomic E-state index is 13.3. The third kappa shape index (κ3) is 72.2. The van der Waals surface area contributed by atoms with Crippen LogP contribution in [0.4, 0.5) is 4.79 Å². The van der Waals surface area contributed by atoms with Crippen LogP contribution >= 0.6 is 15.6 Å². The molecule has 0 saturated carbocycles. The van der Waals surface area contributed by atoms with Crippen molar-refractivity contribution in [2.45, 2.75) is 425 Å². The Morgan fingerprint density at radius 2 is 0.548 bits per heavy atom. The summed E-state index contributed by atoms with van der Waals surface area (Å²) < 4.78 is 71.5. The Bertz CT molecular complexity index is 2070. The van der Waals surface area contributed by atoms with E-state index >= 15 is 0 Å². The van der Waals surface area contributed by atoms with Crippen LogP contribution < -0.4 is 21.3 Å². The molecule has 0 radical (unpaired) electrons. The van der Waals surface area contributed by atoms with E-state index in [1.807, 2.05) is 0 Å². The minimum absolute atomic E-state index is 0.0303. The number of ether oxygens (including phenoxy) is 4. The number of unbranched alkanes of at least 4 members (excludes halogenated alkanes) is 42. The molecular weight excluding hydrogens is 1360 g/mol. The van der Waals surface area contributed by atoms with Crippen LogP contribution in [0.1, 0.15) is 401 Å². The quantitative estimate of drug-likeness (QED) is 0.0187. The molecule has 2 unspecified atom stereocenters. The van der Waals surface area contributed by atoms with E-state index < -0.39 is 60.2 Å². The highest BCUT2D eigenvalue weighted by Crippen LogP contribution is 2.44. The van der Waals surface area contributed by atoms with Gasteiger partial charge in [0.2, 0.25) is 11.8 Å². The minimum Gasteiger partial charge on any atom is -0.462 e. The molecule has 0 aliphatic carbocycles. The first-order valence-corrected chi connectivity index (χ1v) is 45.9. The average molecular weight is 1520 g/mol. The number of rotatable bonds is 82. The van der Waals surface area contributed by atoms with E-state index in [-0.39, 0.29) is 88.3 Å². The van der Waals surface area contributed by atoms with Crippen molar-refractivity contribution >= 4 is 45.4 Å². The van der Waals surface area contributed by atoms with Gasteiger partial charge in [-0.1, -0.05) is 311 Å². The maximum absolute atomic E-state index is 13.3. The Morgan fingerprint density at radius 1 is 0.298 bits per heavy atom. The number of urea groups is 1. The van der Waals surface area contributed by atoms with Gasteiger partial charge in [0.05, 0.1) is 64.9 Å². The summed E-state index contributed by atoms with van der Waals surface area (Å²) in [5.41, 5.74) is 0. The summed E-state index contributed by atoms with van der Waals surface area (Å²) in [4.78, 5) is 86.6. The van der Waals surface area contributed by atoms with Gasteiger partial charge < -0.3 is 50.0 Å².